The van der Waals surface area contributed by atoms with Crippen LogP contribution in [-0.4, -0.2) is 43.3 Å². The van der Waals surface area contributed by atoms with Crippen LogP contribution < -0.4 is 20.7 Å². The van der Waals surface area contributed by atoms with E-state index in [9.17, 15) is 0 Å². The van der Waals surface area contributed by atoms with Gasteiger partial charge in [-0.05, 0) is 56.2 Å². The number of rotatable bonds is 4. The largest absolute Gasteiger partial charge is 0.497 e. The Morgan fingerprint density at radius 3 is 2.31 bits per heavy atom. The van der Waals surface area contributed by atoms with Gasteiger partial charge in [-0.2, -0.15) is 4.99 Å². The maximum Gasteiger partial charge on any atom is 0.222 e. The predicted octanol–water partition coefficient (Wildman–Crippen LogP) is 3.41. The highest BCUT2D eigenvalue weighted by atomic mass is 35.5. The first kappa shape index (κ1) is 20.8. The highest BCUT2D eigenvalue weighted by Crippen LogP contribution is 2.26. The van der Waals surface area contributed by atoms with Gasteiger partial charge in [0.2, 0.25) is 18.2 Å². The molecule has 2 aliphatic rings. The zero-order valence-corrected chi connectivity index (χ0v) is 17.5. The Hall–Kier alpha value is -2.93. The average Bonchev–Trinajstić information content (AvgIpc) is 3.24. The molecular formula is C21H27ClN6O. The monoisotopic (exact) mass is 414 g/mol. The van der Waals surface area contributed by atoms with Crippen LogP contribution in [0.5, 0.6) is 5.75 Å². The topological polar surface area (TPSA) is 78.5 Å². The molecule has 2 aromatic rings. The molecule has 0 radical (unpaired) electrons. The number of nitrogens with two attached hydrogens (primary N) is 1. The van der Waals surface area contributed by atoms with Crippen molar-refractivity contribution >= 4 is 35.7 Å². The van der Waals surface area contributed by atoms with Gasteiger partial charge in [-0.3, -0.25) is 4.90 Å². The van der Waals surface area contributed by atoms with Crippen LogP contribution in [0.1, 0.15) is 18.4 Å². The quantitative estimate of drug-likeness (QED) is 0.801. The van der Waals surface area contributed by atoms with E-state index in [0.717, 1.165) is 49.0 Å². The third-order valence-corrected chi connectivity index (χ3v) is 5.02. The summed E-state index contributed by atoms with van der Waals surface area (Å²) < 4.78 is 5.25. The van der Waals surface area contributed by atoms with Gasteiger partial charge in [0.05, 0.1) is 7.11 Å². The minimum absolute atomic E-state index is 0. The fourth-order valence-corrected chi connectivity index (χ4v) is 3.51. The van der Waals surface area contributed by atoms with Gasteiger partial charge in [0.1, 0.15) is 5.75 Å². The molecule has 29 heavy (non-hydrogen) atoms. The Labute approximate surface area is 177 Å². The van der Waals surface area contributed by atoms with E-state index in [4.69, 9.17) is 10.5 Å². The van der Waals surface area contributed by atoms with Gasteiger partial charge in [0, 0.05) is 24.5 Å². The van der Waals surface area contributed by atoms with E-state index >= 15 is 0 Å². The van der Waals surface area contributed by atoms with Crippen LogP contribution in [0.3, 0.4) is 0 Å². The molecule has 1 atom stereocenters. The summed E-state index contributed by atoms with van der Waals surface area (Å²) >= 11 is 0. The van der Waals surface area contributed by atoms with E-state index in [0.29, 0.717) is 0 Å². The van der Waals surface area contributed by atoms with Crippen LogP contribution in [0, 0.1) is 6.92 Å². The normalized spacial score (nSPS) is 18.6. The summed E-state index contributed by atoms with van der Waals surface area (Å²) in [7, 11) is 1.66. The Bertz CT molecular complexity index is 875. The summed E-state index contributed by atoms with van der Waals surface area (Å²) in [4.78, 5) is 13.6. The van der Waals surface area contributed by atoms with E-state index in [-0.39, 0.29) is 24.7 Å². The van der Waals surface area contributed by atoms with E-state index in [1.807, 2.05) is 24.3 Å². The second kappa shape index (κ2) is 9.05. The molecule has 2 heterocycles. The molecule has 0 aromatic heterocycles. The van der Waals surface area contributed by atoms with E-state index < -0.39 is 0 Å². The minimum atomic E-state index is -0.385. The van der Waals surface area contributed by atoms with Crippen molar-refractivity contribution in [2.75, 3.05) is 30.4 Å². The van der Waals surface area contributed by atoms with Crippen molar-refractivity contribution in [3.8, 4) is 5.75 Å². The number of hydrogen-bond acceptors (Lipinski definition) is 7. The van der Waals surface area contributed by atoms with E-state index in [1.165, 1.54) is 5.56 Å². The lowest BCUT2D eigenvalue weighted by Crippen LogP contribution is -2.54. The SMILES string of the molecule is COc1ccc(NC2N=C(N)N=C(N3CCCC3)N2c2ccc(C)cc2)cc1.Cl. The zero-order chi connectivity index (χ0) is 19.5. The first-order valence-electron chi connectivity index (χ1n) is 9.57. The number of nitrogens with zero attached hydrogens (tertiary/aromatic N) is 4. The van der Waals surface area contributed by atoms with Crippen molar-refractivity contribution < 1.29 is 4.74 Å². The maximum atomic E-state index is 6.10. The van der Waals surface area contributed by atoms with Crippen molar-refractivity contribution in [2.24, 2.45) is 15.7 Å². The molecule has 2 aromatic carbocycles. The number of anilines is 2. The first-order valence-corrected chi connectivity index (χ1v) is 9.57. The van der Waals surface area contributed by atoms with Gasteiger partial charge < -0.3 is 20.7 Å². The Morgan fingerprint density at radius 1 is 1.03 bits per heavy atom. The summed E-state index contributed by atoms with van der Waals surface area (Å²) in [6, 6.07) is 16.2. The minimum Gasteiger partial charge on any atom is -0.497 e. The highest BCUT2D eigenvalue weighted by Gasteiger charge is 2.32. The third-order valence-electron chi connectivity index (χ3n) is 5.02. The lowest BCUT2D eigenvalue weighted by molar-refractivity contribution is 0.415. The second-order valence-electron chi connectivity index (χ2n) is 7.05. The molecule has 154 valence electrons. The predicted molar refractivity (Wildman–Crippen MR) is 121 cm³/mol. The summed E-state index contributed by atoms with van der Waals surface area (Å²) in [5, 5.41) is 3.47. The number of aryl methyl sites for hydroxylation is 1. The van der Waals surface area contributed by atoms with Crippen LogP contribution in [0.25, 0.3) is 0 Å². The lowest BCUT2D eigenvalue weighted by atomic mass is 10.2. The first-order chi connectivity index (χ1) is 13.6. The molecule has 0 amide bonds. The maximum absolute atomic E-state index is 6.10. The molecule has 1 fully saturated rings. The number of likely N-dealkylation sites (tertiary alicyclic amines) is 1. The zero-order valence-electron chi connectivity index (χ0n) is 16.7. The van der Waals surface area contributed by atoms with Gasteiger partial charge in [-0.15, -0.1) is 12.4 Å². The van der Waals surface area contributed by atoms with Crippen molar-refractivity contribution in [1.82, 2.24) is 4.90 Å². The summed E-state index contributed by atoms with van der Waals surface area (Å²) in [5.41, 5.74) is 9.27. The number of halogens is 1. The van der Waals surface area contributed by atoms with Crippen molar-refractivity contribution in [1.29, 1.82) is 0 Å². The van der Waals surface area contributed by atoms with Crippen LogP contribution in [-0.2, 0) is 0 Å². The molecule has 1 unspecified atom stereocenters. The Balaban J connectivity index is 0.00000240. The van der Waals surface area contributed by atoms with Gasteiger partial charge in [0.25, 0.3) is 0 Å². The summed E-state index contributed by atoms with van der Waals surface area (Å²) in [6.45, 7) is 4.03. The average molecular weight is 415 g/mol. The van der Waals surface area contributed by atoms with E-state index in [1.54, 1.807) is 7.11 Å². The fourth-order valence-electron chi connectivity index (χ4n) is 3.51. The number of nitrogens with one attached hydrogen (secondary N) is 1. The number of aliphatic imine (C=N–C) groups is 2. The molecule has 2 aliphatic heterocycles. The number of hydrogen-bond donors (Lipinski definition) is 2. The van der Waals surface area contributed by atoms with Crippen LogP contribution in [0.4, 0.5) is 11.4 Å². The fraction of sp³-hybridized carbons (Fsp3) is 0.333. The van der Waals surface area contributed by atoms with Gasteiger partial charge in [0.15, 0.2) is 0 Å². The van der Waals surface area contributed by atoms with Gasteiger partial charge in [-0.25, -0.2) is 4.99 Å². The number of methoxy groups -OCH3 is 1. The lowest BCUT2D eigenvalue weighted by Gasteiger charge is -2.38. The molecule has 1 saturated heterocycles. The summed E-state index contributed by atoms with van der Waals surface area (Å²) in [5.74, 6) is 1.95. The molecule has 0 spiro atoms. The van der Waals surface area contributed by atoms with Crippen molar-refractivity contribution in [3.05, 3.63) is 54.1 Å². The van der Waals surface area contributed by atoms with Crippen LogP contribution in [0.2, 0.25) is 0 Å². The van der Waals surface area contributed by atoms with Crippen LogP contribution >= 0.6 is 12.4 Å². The highest BCUT2D eigenvalue weighted by molar-refractivity contribution is 6.06. The smallest absolute Gasteiger partial charge is 0.222 e. The van der Waals surface area contributed by atoms with Gasteiger partial charge >= 0.3 is 0 Å². The van der Waals surface area contributed by atoms with Crippen LogP contribution in [0.15, 0.2) is 58.5 Å². The molecule has 0 aliphatic carbocycles. The third kappa shape index (κ3) is 4.56. The number of guanidine groups is 2. The van der Waals surface area contributed by atoms with Gasteiger partial charge in [-0.1, -0.05) is 17.7 Å². The molecule has 7 nitrogen and oxygen atoms in total. The standard InChI is InChI=1S/C21H26N6O.ClH/c1-15-5-9-17(10-6-15)27-20(23-16-7-11-18(28-2)12-8-16)24-19(22)25-21(27)26-13-3-4-14-26;/h5-12,20,23H,3-4,13-14H2,1-2H3,(H2,22,24);1H. The number of benzene rings is 2. The molecule has 0 saturated carbocycles. The van der Waals surface area contributed by atoms with E-state index in [2.05, 4.69) is 56.3 Å². The molecule has 0 bridgehead atoms. The summed E-state index contributed by atoms with van der Waals surface area (Å²) in [6.07, 6.45) is 1.94. The molecule has 8 heteroatoms. The van der Waals surface area contributed by atoms with Crippen molar-refractivity contribution in [2.45, 2.75) is 26.1 Å². The number of ether oxygens (including phenoxy) is 1. The second-order valence-corrected chi connectivity index (χ2v) is 7.05. The van der Waals surface area contributed by atoms with Crippen molar-refractivity contribution in [3.63, 3.8) is 0 Å². The Morgan fingerprint density at radius 2 is 1.69 bits per heavy atom. The Kier molecular flexibility index (Phi) is 6.49. The molecule has 3 N–H and O–H groups in total. The molecular weight excluding hydrogens is 388 g/mol. The molecule has 4 rings (SSSR count).